The van der Waals surface area contributed by atoms with E-state index in [9.17, 15) is 9.50 Å². The SMILES string of the molecule is CCC1CCCC1(O)Cc1cc(F)ccc1Br. The van der Waals surface area contributed by atoms with Gasteiger partial charge in [0, 0.05) is 10.9 Å². The third-order valence-corrected chi connectivity index (χ3v) is 4.69. The standard InChI is InChI=1S/C14H18BrFO/c1-2-11-4-3-7-14(11,17)9-10-8-12(16)5-6-13(10)15/h5-6,8,11,17H,2-4,7,9H2,1H3. The van der Waals surface area contributed by atoms with Gasteiger partial charge in [0.05, 0.1) is 5.60 Å². The van der Waals surface area contributed by atoms with Gasteiger partial charge in [-0.15, -0.1) is 0 Å². The lowest BCUT2D eigenvalue weighted by atomic mass is 9.83. The molecule has 1 saturated carbocycles. The summed E-state index contributed by atoms with van der Waals surface area (Å²) in [6.07, 6.45) is 4.52. The van der Waals surface area contributed by atoms with Crippen molar-refractivity contribution in [3.8, 4) is 0 Å². The van der Waals surface area contributed by atoms with Crippen LogP contribution in [0.25, 0.3) is 0 Å². The van der Waals surface area contributed by atoms with Gasteiger partial charge in [-0.3, -0.25) is 0 Å². The lowest BCUT2D eigenvalue weighted by Gasteiger charge is -2.30. The molecule has 0 heterocycles. The molecule has 0 radical (unpaired) electrons. The maximum absolute atomic E-state index is 13.2. The summed E-state index contributed by atoms with van der Waals surface area (Å²) in [5.41, 5.74) is 0.221. The van der Waals surface area contributed by atoms with Gasteiger partial charge in [-0.05, 0) is 42.5 Å². The lowest BCUT2D eigenvalue weighted by Crippen LogP contribution is -2.35. The van der Waals surface area contributed by atoms with Crippen molar-refractivity contribution in [2.45, 2.75) is 44.6 Å². The molecule has 0 aliphatic heterocycles. The number of hydrogen-bond acceptors (Lipinski definition) is 1. The average molecular weight is 301 g/mol. The minimum absolute atomic E-state index is 0.238. The van der Waals surface area contributed by atoms with Crippen LogP contribution in [0.5, 0.6) is 0 Å². The molecule has 1 aromatic rings. The van der Waals surface area contributed by atoms with E-state index in [0.717, 1.165) is 35.7 Å². The Labute approximate surface area is 110 Å². The third kappa shape index (κ3) is 2.71. The van der Waals surface area contributed by atoms with Crippen LogP contribution in [0.3, 0.4) is 0 Å². The van der Waals surface area contributed by atoms with E-state index in [0.29, 0.717) is 12.3 Å². The van der Waals surface area contributed by atoms with Crippen LogP contribution in [-0.2, 0) is 6.42 Å². The number of halogens is 2. The largest absolute Gasteiger partial charge is 0.389 e. The molecule has 2 unspecified atom stereocenters. The minimum atomic E-state index is -0.648. The fourth-order valence-corrected chi connectivity index (χ4v) is 3.34. The van der Waals surface area contributed by atoms with Crippen LogP contribution in [0.2, 0.25) is 0 Å². The van der Waals surface area contributed by atoms with Crippen LogP contribution in [0.1, 0.15) is 38.2 Å². The van der Waals surface area contributed by atoms with E-state index < -0.39 is 5.60 Å². The van der Waals surface area contributed by atoms with E-state index >= 15 is 0 Å². The minimum Gasteiger partial charge on any atom is -0.389 e. The van der Waals surface area contributed by atoms with Crippen molar-refractivity contribution in [1.82, 2.24) is 0 Å². The Bertz CT molecular complexity index is 407. The molecular formula is C14H18BrFO. The Balaban J connectivity index is 2.22. The van der Waals surface area contributed by atoms with E-state index in [2.05, 4.69) is 22.9 Å². The van der Waals surface area contributed by atoms with Gasteiger partial charge in [0.2, 0.25) is 0 Å². The van der Waals surface area contributed by atoms with Crippen LogP contribution < -0.4 is 0 Å². The Morgan fingerprint density at radius 1 is 1.53 bits per heavy atom. The molecule has 0 bridgehead atoms. The maximum atomic E-state index is 13.2. The van der Waals surface area contributed by atoms with Crippen LogP contribution >= 0.6 is 15.9 Å². The fourth-order valence-electron chi connectivity index (χ4n) is 2.95. The van der Waals surface area contributed by atoms with Gasteiger partial charge in [-0.25, -0.2) is 4.39 Å². The van der Waals surface area contributed by atoms with Crippen molar-refractivity contribution in [3.05, 3.63) is 34.1 Å². The van der Waals surface area contributed by atoms with E-state index in [-0.39, 0.29) is 5.82 Å². The molecular weight excluding hydrogens is 283 g/mol. The highest BCUT2D eigenvalue weighted by Gasteiger charge is 2.40. The fraction of sp³-hybridized carbons (Fsp3) is 0.571. The molecule has 0 amide bonds. The third-order valence-electron chi connectivity index (χ3n) is 3.92. The number of hydrogen-bond donors (Lipinski definition) is 1. The van der Waals surface area contributed by atoms with Crippen molar-refractivity contribution >= 4 is 15.9 Å². The number of benzene rings is 1. The van der Waals surface area contributed by atoms with Gasteiger partial charge in [0.1, 0.15) is 5.82 Å². The van der Waals surface area contributed by atoms with E-state index in [1.165, 1.54) is 12.1 Å². The summed E-state index contributed by atoms with van der Waals surface area (Å²) in [5.74, 6) is 0.107. The topological polar surface area (TPSA) is 20.2 Å². The van der Waals surface area contributed by atoms with E-state index in [4.69, 9.17) is 0 Å². The normalized spacial score (nSPS) is 28.6. The quantitative estimate of drug-likeness (QED) is 0.892. The molecule has 1 aliphatic rings. The summed E-state index contributed by atoms with van der Waals surface area (Å²) in [6.45, 7) is 2.11. The molecule has 0 spiro atoms. The second kappa shape index (κ2) is 5.07. The zero-order valence-electron chi connectivity index (χ0n) is 10.0. The second-order valence-electron chi connectivity index (χ2n) is 5.01. The molecule has 2 rings (SSSR count). The van der Waals surface area contributed by atoms with Crippen molar-refractivity contribution < 1.29 is 9.50 Å². The zero-order valence-corrected chi connectivity index (χ0v) is 11.6. The zero-order chi connectivity index (χ0) is 12.5. The Morgan fingerprint density at radius 3 is 3.00 bits per heavy atom. The lowest BCUT2D eigenvalue weighted by molar-refractivity contribution is 0.00129. The van der Waals surface area contributed by atoms with Gasteiger partial charge in [-0.2, -0.15) is 0 Å². The van der Waals surface area contributed by atoms with Crippen molar-refractivity contribution in [2.75, 3.05) is 0 Å². The predicted molar refractivity (Wildman–Crippen MR) is 70.4 cm³/mol. The summed E-state index contributed by atoms with van der Waals surface area (Å²) in [5, 5.41) is 10.7. The predicted octanol–water partition coefficient (Wildman–Crippen LogP) is 4.07. The molecule has 1 fully saturated rings. The summed E-state index contributed by atoms with van der Waals surface area (Å²) >= 11 is 3.43. The van der Waals surface area contributed by atoms with Gasteiger partial charge in [0.15, 0.2) is 0 Å². The van der Waals surface area contributed by atoms with Crippen LogP contribution in [0.15, 0.2) is 22.7 Å². The summed E-state index contributed by atoms with van der Waals surface area (Å²) in [4.78, 5) is 0. The molecule has 1 N–H and O–H groups in total. The van der Waals surface area contributed by atoms with Crippen LogP contribution in [0, 0.1) is 11.7 Å². The van der Waals surface area contributed by atoms with Crippen molar-refractivity contribution in [2.24, 2.45) is 5.92 Å². The Kier molecular flexibility index (Phi) is 3.88. The second-order valence-corrected chi connectivity index (χ2v) is 5.87. The first kappa shape index (κ1) is 13.0. The Hall–Kier alpha value is -0.410. The van der Waals surface area contributed by atoms with E-state index in [1.807, 2.05) is 0 Å². The monoisotopic (exact) mass is 300 g/mol. The van der Waals surface area contributed by atoms with Gasteiger partial charge in [0.25, 0.3) is 0 Å². The average Bonchev–Trinajstić information content (AvgIpc) is 2.65. The highest BCUT2D eigenvalue weighted by Crippen LogP contribution is 2.41. The molecule has 2 atom stereocenters. The number of rotatable bonds is 3. The first-order chi connectivity index (χ1) is 8.05. The van der Waals surface area contributed by atoms with Gasteiger partial charge in [-0.1, -0.05) is 35.7 Å². The van der Waals surface area contributed by atoms with Gasteiger partial charge >= 0.3 is 0 Å². The number of aliphatic hydroxyl groups is 1. The smallest absolute Gasteiger partial charge is 0.123 e. The van der Waals surface area contributed by atoms with Crippen LogP contribution in [0.4, 0.5) is 4.39 Å². The van der Waals surface area contributed by atoms with E-state index in [1.54, 1.807) is 6.07 Å². The first-order valence-corrected chi connectivity index (χ1v) is 7.01. The molecule has 1 nitrogen and oxygen atoms in total. The first-order valence-electron chi connectivity index (χ1n) is 6.21. The summed E-state index contributed by atoms with van der Waals surface area (Å²) in [6, 6.07) is 4.67. The maximum Gasteiger partial charge on any atom is 0.123 e. The Morgan fingerprint density at radius 2 is 2.29 bits per heavy atom. The molecule has 1 aromatic carbocycles. The molecule has 0 saturated heterocycles. The molecule has 1 aliphatic carbocycles. The highest BCUT2D eigenvalue weighted by atomic mass is 79.9. The summed E-state index contributed by atoms with van der Waals surface area (Å²) in [7, 11) is 0. The van der Waals surface area contributed by atoms with Crippen LogP contribution in [-0.4, -0.2) is 10.7 Å². The molecule has 94 valence electrons. The summed E-state index contributed by atoms with van der Waals surface area (Å²) < 4.78 is 14.1. The van der Waals surface area contributed by atoms with Crippen molar-refractivity contribution in [3.63, 3.8) is 0 Å². The highest BCUT2D eigenvalue weighted by molar-refractivity contribution is 9.10. The molecule has 3 heteroatoms. The molecule has 0 aromatic heterocycles. The van der Waals surface area contributed by atoms with Gasteiger partial charge < -0.3 is 5.11 Å². The van der Waals surface area contributed by atoms with Crippen molar-refractivity contribution in [1.29, 1.82) is 0 Å². The molecule has 17 heavy (non-hydrogen) atoms.